The van der Waals surface area contributed by atoms with Gasteiger partial charge in [0.2, 0.25) is 5.91 Å². The molecule has 1 rings (SSSR count). The van der Waals surface area contributed by atoms with E-state index in [0.29, 0.717) is 13.0 Å². The smallest absolute Gasteiger partial charge is 0.303 e. The lowest BCUT2D eigenvalue weighted by Crippen LogP contribution is -2.26. The number of rotatable bonds is 6. The Morgan fingerprint density at radius 3 is 2.81 bits per heavy atom. The molecule has 1 amide bonds. The molecule has 1 heterocycles. The van der Waals surface area contributed by atoms with Gasteiger partial charge in [0.25, 0.3) is 0 Å². The second-order valence-electron chi connectivity index (χ2n) is 3.45. The van der Waals surface area contributed by atoms with E-state index in [1.165, 1.54) is 0 Å². The normalized spacial score (nSPS) is 10.1. The Hall–Kier alpha value is -1.85. The third kappa shape index (κ3) is 4.12. The van der Waals surface area contributed by atoms with Gasteiger partial charge in [0, 0.05) is 38.8 Å². The molecule has 0 aliphatic carbocycles. The zero-order valence-electron chi connectivity index (χ0n) is 9.14. The van der Waals surface area contributed by atoms with Gasteiger partial charge in [0.15, 0.2) is 0 Å². The molecule has 0 fully saturated rings. The fourth-order valence-corrected chi connectivity index (χ4v) is 1.26. The molecule has 0 atom stereocenters. The zero-order valence-corrected chi connectivity index (χ0v) is 9.14. The summed E-state index contributed by atoms with van der Waals surface area (Å²) in [4.78, 5) is 25.5. The Kier molecular flexibility index (Phi) is 4.50. The topological polar surface area (TPSA) is 84.2 Å². The molecule has 0 spiro atoms. The minimum Gasteiger partial charge on any atom is -0.481 e. The van der Waals surface area contributed by atoms with Gasteiger partial charge in [-0.05, 0) is 0 Å². The lowest BCUT2D eigenvalue weighted by Gasteiger charge is -2.04. The maximum atomic E-state index is 11.2. The molecule has 0 saturated carbocycles. The largest absolute Gasteiger partial charge is 0.481 e. The van der Waals surface area contributed by atoms with Crippen LogP contribution in [0.3, 0.4) is 0 Å². The summed E-state index contributed by atoms with van der Waals surface area (Å²) in [5.74, 6) is -0.311. The van der Waals surface area contributed by atoms with Crippen molar-refractivity contribution in [1.29, 1.82) is 0 Å². The first kappa shape index (κ1) is 12.2. The molecule has 1 aromatic heterocycles. The van der Waals surface area contributed by atoms with Crippen LogP contribution in [0.5, 0.6) is 0 Å². The van der Waals surface area contributed by atoms with Crippen molar-refractivity contribution in [2.75, 3.05) is 6.54 Å². The quantitative estimate of drug-likeness (QED) is 0.710. The number of carboxylic acid groups (broad SMARTS) is 1. The Balaban J connectivity index is 2.18. The zero-order chi connectivity index (χ0) is 12.0. The molecule has 0 aromatic carbocycles. The first-order valence-electron chi connectivity index (χ1n) is 5.04. The number of hydrogen-bond donors (Lipinski definition) is 2. The van der Waals surface area contributed by atoms with Crippen molar-refractivity contribution in [3.8, 4) is 0 Å². The van der Waals surface area contributed by atoms with Crippen molar-refractivity contribution < 1.29 is 14.7 Å². The van der Waals surface area contributed by atoms with Crippen LogP contribution in [0.25, 0.3) is 0 Å². The first-order valence-corrected chi connectivity index (χ1v) is 5.04. The van der Waals surface area contributed by atoms with E-state index >= 15 is 0 Å². The average Bonchev–Trinajstić information content (AvgIpc) is 2.61. The van der Waals surface area contributed by atoms with Crippen LogP contribution >= 0.6 is 0 Å². The Morgan fingerprint density at radius 1 is 1.50 bits per heavy atom. The van der Waals surface area contributed by atoms with Crippen LogP contribution in [0.15, 0.2) is 12.4 Å². The molecule has 6 heteroatoms. The van der Waals surface area contributed by atoms with Crippen LogP contribution in [0.2, 0.25) is 0 Å². The molecule has 0 bridgehead atoms. The molecule has 6 nitrogen and oxygen atoms in total. The van der Waals surface area contributed by atoms with E-state index in [1.807, 2.05) is 17.8 Å². The van der Waals surface area contributed by atoms with Gasteiger partial charge in [-0.25, -0.2) is 4.98 Å². The highest BCUT2D eigenvalue weighted by atomic mass is 16.4. The van der Waals surface area contributed by atoms with E-state index in [1.54, 1.807) is 6.20 Å². The number of hydrogen-bond acceptors (Lipinski definition) is 3. The number of aliphatic carboxylic acids is 1. The Morgan fingerprint density at radius 2 is 2.25 bits per heavy atom. The van der Waals surface area contributed by atoms with Crippen LogP contribution in [-0.4, -0.2) is 33.1 Å². The number of nitrogens with zero attached hydrogens (tertiary/aromatic N) is 2. The number of carbonyl (C=O) groups excluding carboxylic acids is 1. The molecule has 0 saturated heterocycles. The molecule has 2 N–H and O–H groups in total. The summed E-state index contributed by atoms with van der Waals surface area (Å²) in [5.41, 5.74) is 0. The molecule has 0 unspecified atom stereocenters. The van der Waals surface area contributed by atoms with Crippen molar-refractivity contribution in [2.24, 2.45) is 7.05 Å². The summed E-state index contributed by atoms with van der Waals surface area (Å²) in [6.07, 6.45) is 4.07. The Bertz CT molecular complexity index is 373. The van der Waals surface area contributed by atoms with E-state index in [4.69, 9.17) is 5.11 Å². The minimum atomic E-state index is -0.959. The van der Waals surface area contributed by atoms with Gasteiger partial charge in [-0.2, -0.15) is 0 Å². The molecule has 16 heavy (non-hydrogen) atoms. The third-order valence-electron chi connectivity index (χ3n) is 2.16. The number of aromatic nitrogens is 2. The molecule has 0 aliphatic heterocycles. The van der Waals surface area contributed by atoms with Crippen LogP contribution in [-0.2, 0) is 23.1 Å². The lowest BCUT2D eigenvalue weighted by atomic mass is 10.3. The SMILES string of the molecule is Cn1ccnc1CCNC(=O)CCC(=O)O. The second kappa shape index (κ2) is 5.89. The highest BCUT2D eigenvalue weighted by Gasteiger charge is 2.05. The summed E-state index contributed by atoms with van der Waals surface area (Å²) >= 11 is 0. The predicted octanol–water partition coefficient (Wildman–Crippen LogP) is -0.0564. The number of carboxylic acids is 1. The Labute approximate surface area is 93.3 Å². The van der Waals surface area contributed by atoms with Crippen LogP contribution in [0, 0.1) is 0 Å². The number of aryl methyl sites for hydroxylation is 1. The average molecular weight is 225 g/mol. The van der Waals surface area contributed by atoms with Gasteiger partial charge >= 0.3 is 5.97 Å². The minimum absolute atomic E-state index is 0.0237. The number of nitrogens with one attached hydrogen (secondary N) is 1. The maximum absolute atomic E-state index is 11.2. The van der Waals surface area contributed by atoms with Crippen LogP contribution < -0.4 is 5.32 Å². The van der Waals surface area contributed by atoms with Crippen LogP contribution in [0.4, 0.5) is 0 Å². The molecule has 88 valence electrons. The van der Waals surface area contributed by atoms with Crippen molar-refractivity contribution in [2.45, 2.75) is 19.3 Å². The molecular weight excluding hydrogens is 210 g/mol. The van der Waals surface area contributed by atoms with E-state index in [2.05, 4.69) is 10.3 Å². The standard InChI is InChI=1S/C10H15N3O3/c1-13-7-6-11-8(13)4-5-12-9(14)2-3-10(15)16/h6-7H,2-5H2,1H3,(H,12,14)(H,15,16). The van der Waals surface area contributed by atoms with Gasteiger partial charge < -0.3 is 15.0 Å². The van der Waals surface area contributed by atoms with Gasteiger partial charge in [0.05, 0.1) is 6.42 Å². The van der Waals surface area contributed by atoms with Gasteiger partial charge in [0.1, 0.15) is 5.82 Å². The fourth-order valence-electron chi connectivity index (χ4n) is 1.26. The van der Waals surface area contributed by atoms with Crippen molar-refractivity contribution >= 4 is 11.9 Å². The second-order valence-corrected chi connectivity index (χ2v) is 3.45. The summed E-state index contributed by atoms with van der Waals surface area (Å²) < 4.78 is 1.88. The first-order chi connectivity index (χ1) is 7.59. The molecule has 0 radical (unpaired) electrons. The van der Waals surface area contributed by atoms with Crippen molar-refractivity contribution in [1.82, 2.24) is 14.9 Å². The molecule has 0 aliphatic rings. The fraction of sp³-hybridized carbons (Fsp3) is 0.500. The number of imidazole rings is 1. The third-order valence-corrected chi connectivity index (χ3v) is 2.16. The van der Waals surface area contributed by atoms with E-state index < -0.39 is 5.97 Å². The number of amides is 1. The summed E-state index contributed by atoms with van der Waals surface area (Å²) in [5, 5.41) is 11.0. The predicted molar refractivity (Wildman–Crippen MR) is 56.8 cm³/mol. The van der Waals surface area contributed by atoms with Gasteiger partial charge in [-0.3, -0.25) is 9.59 Å². The summed E-state index contributed by atoms with van der Waals surface area (Å²) in [6.45, 7) is 0.476. The maximum Gasteiger partial charge on any atom is 0.303 e. The monoisotopic (exact) mass is 225 g/mol. The van der Waals surface area contributed by atoms with Crippen molar-refractivity contribution in [3.63, 3.8) is 0 Å². The van der Waals surface area contributed by atoms with E-state index in [9.17, 15) is 9.59 Å². The van der Waals surface area contributed by atoms with Gasteiger partial charge in [-0.1, -0.05) is 0 Å². The highest BCUT2D eigenvalue weighted by molar-refractivity contribution is 5.80. The molecular formula is C10H15N3O3. The molecule has 1 aromatic rings. The summed E-state index contributed by atoms with van der Waals surface area (Å²) in [6, 6.07) is 0. The summed E-state index contributed by atoms with van der Waals surface area (Å²) in [7, 11) is 1.88. The van der Waals surface area contributed by atoms with Crippen LogP contribution in [0.1, 0.15) is 18.7 Å². The lowest BCUT2D eigenvalue weighted by molar-refractivity contribution is -0.138. The van der Waals surface area contributed by atoms with E-state index in [0.717, 1.165) is 5.82 Å². The highest BCUT2D eigenvalue weighted by Crippen LogP contribution is 1.94. The van der Waals surface area contributed by atoms with E-state index in [-0.39, 0.29) is 18.7 Å². The van der Waals surface area contributed by atoms with Crippen molar-refractivity contribution in [3.05, 3.63) is 18.2 Å². The number of carbonyl (C=O) groups is 2. The van der Waals surface area contributed by atoms with Gasteiger partial charge in [-0.15, -0.1) is 0 Å².